The molecule has 0 aromatic heterocycles. The fourth-order valence-corrected chi connectivity index (χ4v) is 2.66. The van der Waals surface area contributed by atoms with E-state index in [0.717, 1.165) is 18.7 Å². The molecule has 0 saturated heterocycles. The molecule has 0 aliphatic carbocycles. The number of nitrogens with one attached hydrogen (secondary N) is 2. The fourth-order valence-electron chi connectivity index (χ4n) is 2.37. The highest BCUT2D eigenvalue weighted by Crippen LogP contribution is 2.24. The van der Waals surface area contributed by atoms with E-state index in [-0.39, 0.29) is 12.5 Å². The van der Waals surface area contributed by atoms with Gasteiger partial charge >= 0.3 is 0 Å². The van der Waals surface area contributed by atoms with Gasteiger partial charge in [0.05, 0.1) is 22.8 Å². The van der Waals surface area contributed by atoms with Crippen LogP contribution in [0.25, 0.3) is 0 Å². The van der Waals surface area contributed by atoms with E-state index >= 15 is 0 Å². The van der Waals surface area contributed by atoms with Crippen LogP contribution >= 0.6 is 23.2 Å². The van der Waals surface area contributed by atoms with Gasteiger partial charge in [-0.2, -0.15) is 5.10 Å². The van der Waals surface area contributed by atoms with Gasteiger partial charge in [0, 0.05) is 24.5 Å². The van der Waals surface area contributed by atoms with Gasteiger partial charge in [-0.3, -0.25) is 4.79 Å². The van der Waals surface area contributed by atoms with Gasteiger partial charge in [0.15, 0.2) is 0 Å². The molecule has 0 radical (unpaired) electrons. The average Bonchev–Trinajstić information content (AvgIpc) is 2.65. The Labute approximate surface area is 164 Å². The van der Waals surface area contributed by atoms with E-state index in [2.05, 4.69) is 34.6 Å². The van der Waals surface area contributed by atoms with Crippen LogP contribution in [-0.2, 0) is 4.79 Å². The molecule has 0 fully saturated rings. The minimum atomic E-state index is -0.257. The van der Waals surface area contributed by atoms with Crippen molar-refractivity contribution in [3.05, 3.63) is 58.1 Å². The molecular formula is C19H22Cl2N4O. The van der Waals surface area contributed by atoms with E-state index in [4.69, 9.17) is 23.2 Å². The second-order valence-corrected chi connectivity index (χ2v) is 6.35. The Morgan fingerprint density at radius 1 is 1.08 bits per heavy atom. The van der Waals surface area contributed by atoms with Gasteiger partial charge < -0.3 is 10.2 Å². The molecule has 2 N–H and O–H groups in total. The summed E-state index contributed by atoms with van der Waals surface area (Å²) in [6.45, 7) is 6.26. The molecule has 1 amide bonds. The highest BCUT2D eigenvalue weighted by atomic mass is 35.5. The zero-order valence-electron chi connectivity index (χ0n) is 14.8. The first-order valence-electron chi connectivity index (χ1n) is 8.39. The number of benzene rings is 2. The van der Waals surface area contributed by atoms with Gasteiger partial charge in [-0.1, -0.05) is 35.3 Å². The molecule has 0 atom stereocenters. The molecule has 0 saturated carbocycles. The monoisotopic (exact) mass is 392 g/mol. The molecule has 0 bridgehead atoms. The number of carbonyl (C=O) groups excluding carboxylic acids is 1. The summed E-state index contributed by atoms with van der Waals surface area (Å²) >= 11 is 11.8. The minimum absolute atomic E-state index is 0.0796. The zero-order valence-corrected chi connectivity index (χ0v) is 16.3. The summed E-state index contributed by atoms with van der Waals surface area (Å²) in [6, 6.07) is 13.1. The number of hydrogen-bond acceptors (Lipinski definition) is 4. The second kappa shape index (κ2) is 10.0. The molecule has 0 spiro atoms. The van der Waals surface area contributed by atoms with Crippen molar-refractivity contribution in [1.29, 1.82) is 0 Å². The highest BCUT2D eigenvalue weighted by Gasteiger charge is 2.03. The summed E-state index contributed by atoms with van der Waals surface area (Å²) in [7, 11) is 0. The SMILES string of the molecule is CCN(CC)c1ccc(C=NNC(=O)CNc2ccc(Cl)c(Cl)c2)cc1. The van der Waals surface area contributed by atoms with Crippen molar-refractivity contribution in [1.82, 2.24) is 5.43 Å². The van der Waals surface area contributed by atoms with Crippen LogP contribution < -0.4 is 15.6 Å². The third kappa shape index (κ3) is 5.93. The van der Waals surface area contributed by atoms with Crippen molar-refractivity contribution in [3.63, 3.8) is 0 Å². The first-order valence-corrected chi connectivity index (χ1v) is 9.15. The third-order valence-electron chi connectivity index (χ3n) is 3.80. The number of hydrazone groups is 1. The van der Waals surface area contributed by atoms with Gasteiger partial charge in [0.2, 0.25) is 0 Å². The quantitative estimate of drug-likeness (QED) is 0.516. The van der Waals surface area contributed by atoms with E-state index in [1.54, 1.807) is 24.4 Å². The fraction of sp³-hybridized carbons (Fsp3) is 0.263. The maximum absolute atomic E-state index is 11.8. The number of halogens is 2. The lowest BCUT2D eigenvalue weighted by Crippen LogP contribution is -2.25. The van der Waals surface area contributed by atoms with Crippen LogP contribution in [0, 0.1) is 0 Å². The maximum atomic E-state index is 11.8. The Balaban J connectivity index is 1.81. The molecule has 2 aromatic carbocycles. The number of amides is 1. The van der Waals surface area contributed by atoms with Gasteiger partial charge in [0.1, 0.15) is 0 Å². The molecule has 7 heteroatoms. The molecular weight excluding hydrogens is 371 g/mol. The van der Waals surface area contributed by atoms with E-state index < -0.39 is 0 Å². The number of anilines is 2. The molecule has 2 aromatic rings. The summed E-state index contributed by atoms with van der Waals surface area (Å²) in [5, 5.41) is 7.84. The van der Waals surface area contributed by atoms with Crippen molar-refractivity contribution >= 4 is 46.7 Å². The van der Waals surface area contributed by atoms with Gasteiger partial charge in [-0.25, -0.2) is 5.43 Å². The average molecular weight is 393 g/mol. The van der Waals surface area contributed by atoms with Crippen LogP contribution in [0.5, 0.6) is 0 Å². The number of hydrogen-bond donors (Lipinski definition) is 2. The Morgan fingerprint density at radius 2 is 1.77 bits per heavy atom. The lowest BCUT2D eigenvalue weighted by atomic mass is 10.2. The van der Waals surface area contributed by atoms with Gasteiger partial charge in [0.25, 0.3) is 5.91 Å². The number of rotatable bonds is 8. The van der Waals surface area contributed by atoms with E-state index in [1.165, 1.54) is 5.69 Å². The van der Waals surface area contributed by atoms with Crippen LogP contribution in [-0.4, -0.2) is 31.8 Å². The smallest absolute Gasteiger partial charge is 0.259 e. The van der Waals surface area contributed by atoms with E-state index in [0.29, 0.717) is 15.7 Å². The molecule has 138 valence electrons. The lowest BCUT2D eigenvalue weighted by molar-refractivity contribution is -0.119. The maximum Gasteiger partial charge on any atom is 0.259 e. The summed E-state index contributed by atoms with van der Waals surface area (Å²) in [5.74, 6) is -0.257. The van der Waals surface area contributed by atoms with Crippen molar-refractivity contribution < 1.29 is 4.79 Å². The normalized spacial score (nSPS) is 10.8. The highest BCUT2D eigenvalue weighted by molar-refractivity contribution is 6.42. The first kappa shape index (κ1) is 20.1. The van der Waals surface area contributed by atoms with Crippen molar-refractivity contribution in [3.8, 4) is 0 Å². The Kier molecular flexibility index (Phi) is 7.75. The molecule has 0 unspecified atom stereocenters. The Bertz CT molecular complexity index is 759. The van der Waals surface area contributed by atoms with Crippen LogP contribution in [0.4, 0.5) is 11.4 Å². The lowest BCUT2D eigenvalue weighted by Gasteiger charge is -2.20. The van der Waals surface area contributed by atoms with E-state index in [9.17, 15) is 4.79 Å². The Morgan fingerprint density at radius 3 is 2.38 bits per heavy atom. The van der Waals surface area contributed by atoms with Crippen LogP contribution in [0.3, 0.4) is 0 Å². The van der Waals surface area contributed by atoms with Crippen LogP contribution in [0.2, 0.25) is 10.0 Å². The topological polar surface area (TPSA) is 56.7 Å². The standard InChI is InChI=1S/C19H22Cl2N4O/c1-3-25(4-2)16-8-5-14(6-9-16)12-23-24-19(26)13-22-15-7-10-17(20)18(21)11-15/h5-12,22H,3-4,13H2,1-2H3,(H,24,26). The predicted molar refractivity (Wildman–Crippen MR) is 111 cm³/mol. The summed E-state index contributed by atoms with van der Waals surface area (Å²) in [4.78, 5) is 14.1. The molecule has 5 nitrogen and oxygen atoms in total. The van der Waals surface area contributed by atoms with Gasteiger partial charge in [-0.15, -0.1) is 0 Å². The summed E-state index contributed by atoms with van der Waals surface area (Å²) in [5.41, 5.74) is 5.28. The molecule has 0 aliphatic rings. The molecule has 26 heavy (non-hydrogen) atoms. The number of carbonyl (C=O) groups is 1. The predicted octanol–water partition coefficient (Wildman–Crippen LogP) is 4.40. The van der Waals surface area contributed by atoms with Crippen LogP contribution in [0.15, 0.2) is 47.6 Å². The zero-order chi connectivity index (χ0) is 18.9. The van der Waals surface area contributed by atoms with Crippen LogP contribution in [0.1, 0.15) is 19.4 Å². The molecule has 2 rings (SSSR count). The Hall–Kier alpha value is -2.24. The summed E-state index contributed by atoms with van der Waals surface area (Å²) in [6.07, 6.45) is 1.61. The molecule has 0 heterocycles. The number of nitrogens with zero attached hydrogens (tertiary/aromatic N) is 2. The first-order chi connectivity index (χ1) is 12.5. The van der Waals surface area contributed by atoms with Crippen molar-refractivity contribution in [2.75, 3.05) is 29.9 Å². The minimum Gasteiger partial charge on any atom is -0.376 e. The molecule has 0 aliphatic heterocycles. The van der Waals surface area contributed by atoms with Crippen molar-refractivity contribution in [2.45, 2.75) is 13.8 Å². The van der Waals surface area contributed by atoms with E-state index in [1.807, 2.05) is 24.3 Å². The third-order valence-corrected chi connectivity index (χ3v) is 4.54. The van der Waals surface area contributed by atoms with Crippen molar-refractivity contribution in [2.24, 2.45) is 5.10 Å². The largest absolute Gasteiger partial charge is 0.376 e. The van der Waals surface area contributed by atoms with Gasteiger partial charge in [-0.05, 0) is 49.7 Å². The second-order valence-electron chi connectivity index (χ2n) is 5.54. The summed E-state index contributed by atoms with van der Waals surface area (Å²) < 4.78 is 0.